The van der Waals surface area contributed by atoms with Crippen LogP contribution in [0.4, 0.5) is 13.2 Å². The van der Waals surface area contributed by atoms with Gasteiger partial charge in [0.15, 0.2) is 9.84 Å². The molecule has 6 heteroatoms. The first kappa shape index (κ1) is 8.83. The molecule has 1 saturated heterocycles. The zero-order valence-corrected chi connectivity index (χ0v) is 6.32. The van der Waals surface area contributed by atoms with Crippen molar-refractivity contribution in [3.8, 4) is 0 Å². The zero-order valence-electron chi connectivity index (χ0n) is 5.50. The van der Waals surface area contributed by atoms with Crippen molar-refractivity contribution in [1.29, 1.82) is 0 Å². The summed E-state index contributed by atoms with van der Waals surface area (Å²) in [6, 6.07) is 0. The number of hydrogen-bond donors (Lipinski definition) is 0. The molecule has 0 bridgehead atoms. The molecule has 2 unspecified atom stereocenters. The summed E-state index contributed by atoms with van der Waals surface area (Å²) in [6.07, 6.45) is -3.14. The van der Waals surface area contributed by atoms with Crippen LogP contribution in [0, 0.1) is 5.92 Å². The SMILES string of the molecule is O=S1(=O)CCC(C(F)F)C1F. The van der Waals surface area contributed by atoms with Crippen LogP contribution in [-0.4, -0.2) is 26.1 Å². The van der Waals surface area contributed by atoms with Crippen LogP contribution in [-0.2, 0) is 9.84 Å². The van der Waals surface area contributed by atoms with E-state index < -0.39 is 33.4 Å². The van der Waals surface area contributed by atoms with Gasteiger partial charge in [-0.2, -0.15) is 0 Å². The molecule has 0 N–H and O–H groups in total. The summed E-state index contributed by atoms with van der Waals surface area (Å²) in [7, 11) is -3.87. The molecule has 0 aromatic carbocycles. The first-order chi connectivity index (χ1) is 4.95. The molecule has 2 atom stereocenters. The second kappa shape index (κ2) is 2.66. The van der Waals surface area contributed by atoms with Crippen molar-refractivity contribution in [2.24, 2.45) is 5.92 Å². The highest BCUT2D eigenvalue weighted by molar-refractivity contribution is 7.92. The van der Waals surface area contributed by atoms with Crippen LogP contribution in [0.1, 0.15) is 6.42 Å². The maximum Gasteiger partial charge on any atom is 0.245 e. The van der Waals surface area contributed by atoms with E-state index in [2.05, 4.69) is 0 Å². The van der Waals surface area contributed by atoms with Gasteiger partial charge in [-0.25, -0.2) is 21.6 Å². The number of sulfone groups is 1. The van der Waals surface area contributed by atoms with E-state index in [1.165, 1.54) is 0 Å². The minimum atomic E-state index is -3.87. The molecule has 1 aliphatic rings. The third kappa shape index (κ3) is 1.50. The smallest absolute Gasteiger partial charge is 0.230 e. The summed E-state index contributed by atoms with van der Waals surface area (Å²) in [5.74, 6) is -2.07. The highest BCUT2D eigenvalue weighted by atomic mass is 32.2. The zero-order chi connectivity index (χ0) is 8.65. The number of rotatable bonds is 1. The number of halogens is 3. The normalized spacial score (nSPS) is 36.4. The van der Waals surface area contributed by atoms with Gasteiger partial charge in [-0.3, -0.25) is 0 Å². The van der Waals surface area contributed by atoms with Crippen molar-refractivity contribution in [1.82, 2.24) is 0 Å². The third-order valence-corrected chi connectivity index (χ3v) is 3.58. The van der Waals surface area contributed by atoms with Crippen LogP contribution in [0.15, 0.2) is 0 Å². The summed E-state index contributed by atoms with van der Waals surface area (Å²) in [5.41, 5.74) is -2.36. The summed E-state index contributed by atoms with van der Waals surface area (Å²) >= 11 is 0. The quantitative estimate of drug-likeness (QED) is 0.614. The van der Waals surface area contributed by atoms with Gasteiger partial charge in [0.25, 0.3) is 0 Å². The van der Waals surface area contributed by atoms with Crippen molar-refractivity contribution in [3.63, 3.8) is 0 Å². The van der Waals surface area contributed by atoms with Gasteiger partial charge in [-0.1, -0.05) is 0 Å². The van der Waals surface area contributed by atoms with Gasteiger partial charge in [-0.05, 0) is 6.42 Å². The fraction of sp³-hybridized carbons (Fsp3) is 1.00. The number of hydrogen-bond acceptors (Lipinski definition) is 2. The molecule has 1 rings (SSSR count). The summed E-state index contributed by atoms with van der Waals surface area (Å²) < 4.78 is 57.3. The number of alkyl halides is 3. The van der Waals surface area contributed by atoms with Crippen LogP contribution in [0.3, 0.4) is 0 Å². The Balaban J connectivity index is 2.79. The van der Waals surface area contributed by atoms with E-state index in [9.17, 15) is 21.6 Å². The van der Waals surface area contributed by atoms with E-state index in [4.69, 9.17) is 0 Å². The monoisotopic (exact) mass is 188 g/mol. The van der Waals surface area contributed by atoms with Crippen molar-refractivity contribution < 1.29 is 21.6 Å². The molecule has 2 nitrogen and oxygen atoms in total. The Hall–Kier alpha value is -0.260. The first-order valence-electron chi connectivity index (χ1n) is 3.09. The van der Waals surface area contributed by atoms with Gasteiger partial charge in [-0.15, -0.1) is 0 Å². The van der Waals surface area contributed by atoms with Gasteiger partial charge in [0, 0.05) is 0 Å². The lowest BCUT2D eigenvalue weighted by Gasteiger charge is -2.08. The average Bonchev–Trinajstić information content (AvgIpc) is 2.09. The van der Waals surface area contributed by atoms with Gasteiger partial charge in [0.2, 0.25) is 11.9 Å². The van der Waals surface area contributed by atoms with E-state index in [0.717, 1.165) is 0 Å². The van der Waals surface area contributed by atoms with Crippen molar-refractivity contribution in [2.45, 2.75) is 18.3 Å². The van der Waals surface area contributed by atoms with Gasteiger partial charge < -0.3 is 0 Å². The molecule has 0 aromatic rings. The fourth-order valence-corrected chi connectivity index (χ4v) is 2.66. The average molecular weight is 188 g/mol. The molecule has 0 spiro atoms. The van der Waals surface area contributed by atoms with Crippen LogP contribution < -0.4 is 0 Å². The molecule has 66 valence electrons. The highest BCUT2D eigenvalue weighted by Crippen LogP contribution is 2.32. The predicted octanol–water partition coefficient (Wildman–Crippen LogP) is 0.982. The fourth-order valence-electron chi connectivity index (χ4n) is 1.05. The standard InChI is InChI=1S/C5H7F3O2S/c6-4(7)3-1-2-11(9,10)5(3)8/h3-5H,1-2H2. The molecule has 1 heterocycles. The summed E-state index contributed by atoms with van der Waals surface area (Å²) in [5, 5.41) is 0. The summed E-state index contributed by atoms with van der Waals surface area (Å²) in [6.45, 7) is 0. The summed E-state index contributed by atoms with van der Waals surface area (Å²) in [4.78, 5) is 0. The maximum absolute atomic E-state index is 12.5. The highest BCUT2D eigenvalue weighted by Gasteiger charge is 2.45. The Labute approximate surface area is 62.3 Å². The largest absolute Gasteiger partial charge is 0.245 e. The minimum Gasteiger partial charge on any atom is -0.230 e. The second-order valence-electron chi connectivity index (χ2n) is 2.51. The molecular weight excluding hydrogens is 181 g/mol. The van der Waals surface area contributed by atoms with E-state index >= 15 is 0 Å². The van der Waals surface area contributed by atoms with Crippen molar-refractivity contribution in [3.05, 3.63) is 0 Å². The third-order valence-electron chi connectivity index (χ3n) is 1.74. The Morgan fingerprint density at radius 1 is 1.36 bits per heavy atom. The van der Waals surface area contributed by atoms with Crippen molar-refractivity contribution in [2.75, 3.05) is 5.75 Å². The first-order valence-corrected chi connectivity index (χ1v) is 4.80. The lowest BCUT2D eigenvalue weighted by molar-refractivity contribution is 0.0558. The maximum atomic E-state index is 12.5. The van der Waals surface area contributed by atoms with Gasteiger partial charge in [0.05, 0.1) is 11.7 Å². The topological polar surface area (TPSA) is 34.1 Å². The van der Waals surface area contributed by atoms with Crippen LogP contribution in [0.2, 0.25) is 0 Å². The predicted molar refractivity (Wildman–Crippen MR) is 32.8 cm³/mol. The molecule has 1 fully saturated rings. The molecule has 11 heavy (non-hydrogen) atoms. The van der Waals surface area contributed by atoms with E-state index in [0.29, 0.717) is 0 Å². The molecule has 0 aromatic heterocycles. The minimum absolute atomic E-state index is 0.263. The molecular formula is C5H7F3O2S. The van der Waals surface area contributed by atoms with Crippen molar-refractivity contribution >= 4 is 9.84 Å². The second-order valence-corrected chi connectivity index (χ2v) is 4.69. The van der Waals surface area contributed by atoms with Crippen LogP contribution in [0.25, 0.3) is 0 Å². The molecule has 0 radical (unpaired) electrons. The van der Waals surface area contributed by atoms with Crippen LogP contribution >= 0.6 is 0 Å². The molecule has 1 aliphatic heterocycles. The molecule has 0 saturated carbocycles. The Kier molecular flexibility index (Phi) is 2.13. The van der Waals surface area contributed by atoms with Crippen LogP contribution in [0.5, 0.6) is 0 Å². The molecule has 0 aliphatic carbocycles. The van der Waals surface area contributed by atoms with E-state index in [1.807, 2.05) is 0 Å². The lowest BCUT2D eigenvalue weighted by atomic mass is 10.1. The molecule has 0 amide bonds. The lowest BCUT2D eigenvalue weighted by Crippen LogP contribution is -2.22. The Morgan fingerprint density at radius 2 is 1.91 bits per heavy atom. The Bertz CT molecular complexity index is 236. The van der Waals surface area contributed by atoms with Gasteiger partial charge in [0.1, 0.15) is 0 Å². The van der Waals surface area contributed by atoms with E-state index in [-0.39, 0.29) is 6.42 Å². The van der Waals surface area contributed by atoms with Gasteiger partial charge >= 0.3 is 0 Å². The Morgan fingerprint density at radius 3 is 2.09 bits per heavy atom. The van der Waals surface area contributed by atoms with E-state index in [1.54, 1.807) is 0 Å².